The van der Waals surface area contributed by atoms with Crippen LogP contribution in [0.3, 0.4) is 0 Å². The van der Waals surface area contributed by atoms with Crippen LogP contribution in [0, 0.1) is 11.8 Å². The fourth-order valence-corrected chi connectivity index (χ4v) is 4.63. The molecule has 0 radical (unpaired) electrons. The average Bonchev–Trinajstić information content (AvgIpc) is 2.78. The summed E-state index contributed by atoms with van der Waals surface area (Å²) in [6.07, 6.45) is 21.1. The first-order valence-electron chi connectivity index (χ1n) is 14.2. The van der Waals surface area contributed by atoms with E-state index in [-0.39, 0.29) is 13.2 Å². The van der Waals surface area contributed by atoms with Crippen molar-refractivity contribution in [3.8, 4) is 0 Å². The normalized spacial score (nSPS) is 13.7. The molecule has 0 bridgehead atoms. The SMILES string of the molecule is CCCCCCCCC(CC)CCOS(=O)(=O)[O-].CCCCCCCCCC(C)CCOS(=O)(=O)[O-]. The number of hydrogen-bond donors (Lipinski definition) is 0. The van der Waals surface area contributed by atoms with Gasteiger partial charge in [-0.3, -0.25) is 8.37 Å². The Morgan fingerprint density at radius 2 is 0.944 bits per heavy atom. The van der Waals surface area contributed by atoms with Gasteiger partial charge in [0.15, 0.2) is 0 Å². The van der Waals surface area contributed by atoms with Crippen LogP contribution in [0.1, 0.15) is 143 Å². The Labute approximate surface area is 223 Å². The molecule has 2 unspecified atom stereocenters. The molecule has 0 aliphatic carbocycles. The fraction of sp³-hybridized carbons (Fsp3) is 1.00. The van der Waals surface area contributed by atoms with Gasteiger partial charge >= 0.3 is 0 Å². The molecule has 0 rings (SSSR count). The number of rotatable bonds is 24. The predicted molar refractivity (Wildman–Crippen MR) is 144 cm³/mol. The Kier molecular flexibility index (Phi) is 26.4. The van der Waals surface area contributed by atoms with Crippen LogP contribution < -0.4 is 0 Å². The first-order valence-corrected chi connectivity index (χ1v) is 16.8. The highest BCUT2D eigenvalue weighted by Crippen LogP contribution is 2.19. The predicted octanol–water partition coefficient (Wildman–Crippen LogP) is 7.26. The first kappa shape index (κ1) is 37.9. The summed E-state index contributed by atoms with van der Waals surface area (Å²) in [6, 6.07) is 0. The highest BCUT2D eigenvalue weighted by atomic mass is 32.3. The van der Waals surface area contributed by atoms with Gasteiger partial charge in [0.2, 0.25) is 20.8 Å². The largest absolute Gasteiger partial charge is 0.726 e. The lowest BCUT2D eigenvalue weighted by molar-refractivity contribution is 0.233. The molecule has 0 N–H and O–H groups in total. The quantitative estimate of drug-likeness (QED) is 0.0686. The number of unbranched alkanes of at least 4 members (excludes halogenated alkanes) is 11. The van der Waals surface area contributed by atoms with Gasteiger partial charge in [-0.05, 0) is 24.7 Å². The van der Waals surface area contributed by atoms with Gasteiger partial charge in [0, 0.05) is 0 Å². The minimum Gasteiger partial charge on any atom is -0.726 e. The standard InChI is InChI=1S/2C13H28O4S/c1-3-4-5-6-7-8-9-10-13(2)11-12-17-18(14,15)16;1-3-5-6-7-8-9-10-13(4-2)11-12-17-18(14,15)16/h2*13H,3-12H2,1-2H3,(H,14,15,16)/p-2. The summed E-state index contributed by atoms with van der Waals surface area (Å²) in [5.74, 6) is 0.889. The van der Waals surface area contributed by atoms with Crippen molar-refractivity contribution in [1.29, 1.82) is 0 Å². The van der Waals surface area contributed by atoms with E-state index in [1.807, 2.05) is 0 Å². The van der Waals surface area contributed by atoms with Crippen LogP contribution in [-0.4, -0.2) is 39.2 Å². The maximum atomic E-state index is 10.3. The van der Waals surface area contributed by atoms with Crippen LogP contribution in [0.25, 0.3) is 0 Å². The van der Waals surface area contributed by atoms with Gasteiger partial charge in [0.25, 0.3) is 0 Å². The first-order chi connectivity index (χ1) is 16.9. The molecule has 0 aromatic heterocycles. The molecule has 0 aromatic rings. The minimum absolute atomic E-state index is 0.0174. The van der Waals surface area contributed by atoms with Crippen molar-refractivity contribution in [3.63, 3.8) is 0 Å². The second-order valence-electron chi connectivity index (χ2n) is 9.88. The molecule has 2 atom stereocenters. The third-order valence-electron chi connectivity index (χ3n) is 6.44. The topological polar surface area (TPSA) is 133 Å². The van der Waals surface area contributed by atoms with Crippen LogP contribution in [0.15, 0.2) is 0 Å². The lowest BCUT2D eigenvalue weighted by Crippen LogP contribution is -2.09. The van der Waals surface area contributed by atoms with Gasteiger partial charge in [-0.1, -0.05) is 130 Å². The van der Waals surface area contributed by atoms with Gasteiger partial charge in [0.1, 0.15) is 0 Å². The Bertz CT molecular complexity index is 665. The van der Waals surface area contributed by atoms with Gasteiger partial charge in [-0.2, -0.15) is 0 Å². The van der Waals surface area contributed by atoms with Crippen molar-refractivity contribution >= 4 is 20.8 Å². The van der Waals surface area contributed by atoms with Crippen LogP contribution >= 0.6 is 0 Å². The molecular formula is C26H54O8S2-2. The second-order valence-corrected chi connectivity index (χ2v) is 12.0. The molecular weight excluding hydrogens is 504 g/mol. The molecule has 0 saturated carbocycles. The van der Waals surface area contributed by atoms with E-state index in [1.165, 1.54) is 83.5 Å². The fourth-order valence-electron chi connectivity index (χ4n) is 4.03. The van der Waals surface area contributed by atoms with E-state index < -0.39 is 20.8 Å². The molecule has 0 aliphatic rings. The van der Waals surface area contributed by atoms with Crippen molar-refractivity contribution in [2.24, 2.45) is 11.8 Å². The molecule has 0 saturated heterocycles. The summed E-state index contributed by atoms with van der Waals surface area (Å²) in [6.45, 7) is 8.62. The Balaban J connectivity index is 0. The summed E-state index contributed by atoms with van der Waals surface area (Å²) in [5.41, 5.74) is 0. The van der Waals surface area contributed by atoms with Crippen LogP contribution in [0.4, 0.5) is 0 Å². The molecule has 10 heteroatoms. The highest BCUT2D eigenvalue weighted by Gasteiger charge is 2.07. The van der Waals surface area contributed by atoms with Gasteiger partial charge in [-0.15, -0.1) is 0 Å². The maximum absolute atomic E-state index is 10.3. The molecule has 0 spiro atoms. The summed E-state index contributed by atoms with van der Waals surface area (Å²) in [4.78, 5) is 0. The molecule has 8 nitrogen and oxygen atoms in total. The summed E-state index contributed by atoms with van der Waals surface area (Å²) >= 11 is 0. The van der Waals surface area contributed by atoms with E-state index in [0.717, 1.165) is 19.3 Å². The molecule has 220 valence electrons. The van der Waals surface area contributed by atoms with Crippen molar-refractivity contribution in [1.82, 2.24) is 0 Å². The Morgan fingerprint density at radius 1 is 0.556 bits per heavy atom. The summed E-state index contributed by atoms with van der Waals surface area (Å²) in [5, 5.41) is 0. The monoisotopic (exact) mass is 558 g/mol. The molecule has 36 heavy (non-hydrogen) atoms. The molecule has 0 amide bonds. The van der Waals surface area contributed by atoms with Gasteiger partial charge < -0.3 is 9.11 Å². The Hall–Kier alpha value is -0.260. The average molecular weight is 559 g/mol. The van der Waals surface area contributed by atoms with E-state index >= 15 is 0 Å². The lowest BCUT2D eigenvalue weighted by atomic mass is 9.95. The van der Waals surface area contributed by atoms with E-state index in [0.29, 0.717) is 24.7 Å². The van der Waals surface area contributed by atoms with Gasteiger partial charge in [-0.25, -0.2) is 16.8 Å². The van der Waals surface area contributed by atoms with Crippen molar-refractivity contribution in [2.75, 3.05) is 13.2 Å². The third-order valence-corrected chi connectivity index (χ3v) is 7.35. The summed E-state index contributed by atoms with van der Waals surface area (Å²) < 4.78 is 69.9. The zero-order valence-corrected chi connectivity index (χ0v) is 25.0. The maximum Gasteiger partial charge on any atom is 0.217 e. The third kappa shape index (κ3) is 33.7. The second kappa shape index (κ2) is 25.0. The van der Waals surface area contributed by atoms with Crippen LogP contribution in [0.5, 0.6) is 0 Å². The molecule has 0 heterocycles. The molecule has 0 aliphatic heterocycles. The zero-order valence-electron chi connectivity index (χ0n) is 23.4. The van der Waals surface area contributed by atoms with Gasteiger partial charge in [0.05, 0.1) is 13.2 Å². The van der Waals surface area contributed by atoms with E-state index in [1.54, 1.807) is 0 Å². The van der Waals surface area contributed by atoms with Crippen molar-refractivity contribution in [2.45, 2.75) is 143 Å². The minimum atomic E-state index is -4.51. The lowest BCUT2D eigenvalue weighted by Gasteiger charge is -2.15. The van der Waals surface area contributed by atoms with Crippen molar-refractivity contribution < 1.29 is 34.3 Å². The Morgan fingerprint density at radius 3 is 1.36 bits per heavy atom. The molecule has 0 aromatic carbocycles. The smallest absolute Gasteiger partial charge is 0.217 e. The highest BCUT2D eigenvalue weighted by molar-refractivity contribution is 7.81. The van der Waals surface area contributed by atoms with Crippen LogP contribution in [0.2, 0.25) is 0 Å². The summed E-state index contributed by atoms with van der Waals surface area (Å²) in [7, 11) is -9.02. The zero-order chi connectivity index (χ0) is 27.7. The van der Waals surface area contributed by atoms with E-state index in [9.17, 15) is 25.9 Å². The molecule has 0 fully saturated rings. The van der Waals surface area contributed by atoms with E-state index in [2.05, 4.69) is 36.1 Å². The number of hydrogen-bond acceptors (Lipinski definition) is 8. The van der Waals surface area contributed by atoms with E-state index in [4.69, 9.17) is 0 Å². The van der Waals surface area contributed by atoms with Crippen LogP contribution in [-0.2, 0) is 29.2 Å². The van der Waals surface area contributed by atoms with Crippen molar-refractivity contribution in [3.05, 3.63) is 0 Å².